The van der Waals surface area contributed by atoms with Gasteiger partial charge in [0.05, 0.1) is 5.41 Å². The minimum atomic E-state index is -0.0405. The summed E-state index contributed by atoms with van der Waals surface area (Å²) in [5, 5.41) is 3.34. The molecule has 4 unspecified atom stereocenters. The van der Waals surface area contributed by atoms with Gasteiger partial charge in [-0.25, -0.2) is 0 Å². The fraction of sp³-hybridized carbons (Fsp3) is 0.941. The summed E-state index contributed by atoms with van der Waals surface area (Å²) < 4.78 is 0. The molecule has 0 heterocycles. The lowest BCUT2D eigenvalue weighted by Crippen LogP contribution is -2.59. The van der Waals surface area contributed by atoms with E-state index in [9.17, 15) is 4.79 Å². The number of nitrogens with two attached hydrogens (primary N) is 1. The average molecular weight is 276 g/mol. The van der Waals surface area contributed by atoms with Crippen molar-refractivity contribution < 1.29 is 4.79 Å². The van der Waals surface area contributed by atoms with Crippen molar-refractivity contribution in [2.75, 3.05) is 0 Å². The molecule has 0 radical (unpaired) electrons. The number of carbonyl (C=O) groups excluding carboxylic acids is 1. The second-order valence-electron chi connectivity index (χ2n) is 8.73. The van der Waals surface area contributed by atoms with Crippen LogP contribution in [-0.4, -0.2) is 18.0 Å². The molecule has 3 nitrogen and oxygen atoms in total. The third kappa shape index (κ3) is 1.93. The highest BCUT2D eigenvalue weighted by molar-refractivity contribution is 5.83. The third-order valence-electron chi connectivity index (χ3n) is 6.72. The van der Waals surface area contributed by atoms with Gasteiger partial charge in [-0.1, -0.05) is 6.92 Å². The summed E-state index contributed by atoms with van der Waals surface area (Å²) in [4.78, 5) is 13.0. The Kier molecular flexibility index (Phi) is 2.77. The Morgan fingerprint density at radius 2 is 1.85 bits per heavy atom. The van der Waals surface area contributed by atoms with Crippen LogP contribution >= 0.6 is 0 Å². The van der Waals surface area contributed by atoms with Gasteiger partial charge in [-0.15, -0.1) is 0 Å². The van der Waals surface area contributed by atoms with Crippen molar-refractivity contribution in [3.8, 4) is 0 Å². The van der Waals surface area contributed by atoms with E-state index < -0.39 is 0 Å². The minimum Gasteiger partial charge on any atom is -0.351 e. The Balaban J connectivity index is 1.53. The highest BCUT2D eigenvalue weighted by Crippen LogP contribution is 2.65. The van der Waals surface area contributed by atoms with Crippen molar-refractivity contribution >= 4 is 5.91 Å². The summed E-state index contributed by atoms with van der Waals surface area (Å²) in [6.07, 6.45) is 10.8. The van der Waals surface area contributed by atoms with Gasteiger partial charge in [0.15, 0.2) is 0 Å². The molecule has 4 atom stereocenters. The molecule has 3 heteroatoms. The molecular weight excluding hydrogens is 248 g/mol. The number of rotatable bonds is 2. The van der Waals surface area contributed by atoms with E-state index in [0.717, 1.165) is 43.9 Å². The Hall–Kier alpha value is -0.570. The smallest absolute Gasteiger partial charge is 0.226 e. The Morgan fingerprint density at radius 3 is 2.40 bits per heavy atom. The van der Waals surface area contributed by atoms with Gasteiger partial charge in [0.1, 0.15) is 0 Å². The zero-order valence-electron chi connectivity index (χ0n) is 12.7. The predicted molar refractivity (Wildman–Crippen MR) is 79.0 cm³/mol. The highest BCUT2D eigenvalue weighted by Gasteiger charge is 2.59. The zero-order chi connectivity index (χ0) is 14.0. The minimum absolute atomic E-state index is 0.0405. The molecule has 112 valence electrons. The lowest BCUT2D eigenvalue weighted by molar-refractivity contribution is -0.156. The molecule has 3 N–H and O–H groups in total. The molecular formula is C17H28N2O. The highest BCUT2D eigenvalue weighted by atomic mass is 16.2. The van der Waals surface area contributed by atoms with Crippen molar-refractivity contribution in [1.29, 1.82) is 0 Å². The van der Waals surface area contributed by atoms with Crippen LogP contribution in [0.1, 0.15) is 64.7 Å². The topological polar surface area (TPSA) is 55.1 Å². The van der Waals surface area contributed by atoms with E-state index >= 15 is 0 Å². The van der Waals surface area contributed by atoms with Gasteiger partial charge in [0.2, 0.25) is 5.91 Å². The van der Waals surface area contributed by atoms with Crippen LogP contribution in [0.4, 0.5) is 0 Å². The number of carbonyl (C=O) groups is 1. The van der Waals surface area contributed by atoms with Crippen LogP contribution in [0.15, 0.2) is 0 Å². The van der Waals surface area contributed by atoms with Crippen molar-refractivity contribution in [3.63, 3.8) is 0 Å². The molecule has 4 bridgehead atoms. The quantitative estimate of drug-likeness (QED) is 0.814. The van der Waals surface area contributed by atoms with Crippen LogP contribution in [0.25, 0.3) is 0 Å². The van der Waals surface area contributed by atoms with E-state index in [4.69, 9.17) is 5.73 Å². The fourth-order valence-corrected chi connectivity index (χ4v) is 6.48. The summed E-state index contributed by atoms with van der Waals surface area (Å²) in [6, 6.07) is 0.423. The Labute approximate surface area is 122 Å². The van der Waals surface area contributed by atoms with Crippen molar-refractivity contribution in [2.45, 2.75) is 76.8 Å². The van der Waals surface area contributed by atoms with Crippen LogP contribution < -0.4 is 11.1 Å². The average Bonchev–Trinajstić information content (AvgIpc) is 2.71. The second-order valence-corrected chi connectivity index (χ2v) is 8.73. The molecule has 0 aromatic heterocycles. The van der Waals surface area contributed by atoms with E-state index in [-0.39, 0.29) is 17.5 Å². The largest absolute Gasteiger partial charge is 0.351 e. The van der Waals surface area contributed by atoms with Gasteiger partial charge in [0, 0.05) is 12.1 Å². The van der Waals surface area contributed by atoms with Crippen molar-refractivity contribution in [1.82, 2.24) is 5.32 Å². The molecule has 0 aliphatic heterocycles. The number of hydrogen-bond acceptors (Lipinski definition) is 2. The number of amides is 1. The monoisotopic (exact) mass is 276 g/mol. The van der Waals surface area contributed by atoms with Crippen molar-refractivity contribution in [3.05, 3.63) is 0 Å². The van der Waals surface area contributed by atoms with Gasteiger partial charge < -0.3 is 11.1 Å². The van der Waals surface area contributed by atoms with Gasteiger partial charge in [0.25, 0.3) is 0 Å². The van der Waals surface area contributed by atoms with Gasteiger partial charge >= 0.3 is 0 Å². The number of hydrogen-bond donors (Lipinski definition) is 2. The molecule has 5 aliphatic rings. The van der Waals surface area contributed by atoms with Crippen LogP contribution in [-0.2, 0) is 4.79 Å². The first-order valence-corrected chi connectivity index (χ1v) is 8.55. The van der Waals surface area contributed by atoms with E-state index in [0.29, 0.717) is 11.3 Å². The summed E-state index contributed by atoms with van der Waals surface area (Å²) in [5.74, 6) is 1.97. The molecule has 0 aromatic carbocycles. The maximum absolute atomic E-state index is 13.0. The van der Waals surface area contributed by atoms with E-state index in [1.807, 2.05) is 0 Å². The van der Waals surface area contributed by atoms with Crippen LogP contribution in [0.5, 0.6) is 0 Å². The molecule has 5 rings (SSSR count). The summed E-state index contributed by atoms with van der Waals surface area (Å²) >= 11 is 0. The summed E-state index contributed by atoms with van der Waals surface area (Å²) in [7, 11) is 0. The van der Waals surface area contributed by atoms with Crippen molar-refractivity contribution in [2.24, 2.45) is 28.4 Å². The molecule has 0 spiro atoms. The molecule has 5 fully saturated rings. The Bertz CT molecular complexity index is 419. The maximum Gasteiger partial charge on any atom is 0.226 e. The van der Waals surface area contributed by atoms with Crippen LogP contribution in [0.3, 0.4) is 0 Å². The normalized spacial score (nSPS) is 53.3. The van der Waals surface area contributed by atoms with E-state index in [1.54, 1.807) is 0 Å². The van der Waals surface area contributed by atoms with Gasteiger partial charge in [-0.2, -0.15) is 0 Å². The molecule has 0 saturated heterocycles. The van der Waals surface area contributed by atoms with E-state index in [2.05, 4.69) is 12.2 Å². The van der Waals surface area contributed by atoms with Gasteiger partial charge in [-0.05, 0) is 75.0 Å². The first kappa shape index (κ1) is 13.1. The van der Waals surface area contributed by atoms with E-state index in [1.165, 1.54) is 25.7 Å². The lowest BCUT2D eigenvalue weighted by atomic mass is 9.44. The first-order valence-electron chi connectivity index (χ1n) is 8.55. The molecule has 5 saturated carbocycles. The Morgan fingerprint density at radius 1 is 1.15 bits per heavy atom. The zero-order valence-corrected chi connectivity index (χ0v) is 12.7. The maximum atomic E-state index is 13.0. The van der Waals surface area contributed by atoms with Gasteiger partial charge in [-0.3, -0.25) is 4.79 Å². The predicted octanol–water partition coefficient (Wildman–Crippen LogP) is 2.59. The summed E-state index contributed by atoms with van der Waals surface area (Å²) in [6.45, 7) is 2.42. The summed E-state index contributed by atoms with van der Waals surface area (Å²) in [5.41, 5.74) is 6.53. The molecule has 20 heavy (non-hydrogen) atoms. The standard InChI is InChI=1S/C17H28N2O/c1-16-6-11-5-12(7-16)9-17(8-11,10-16)15(20)19-14-4-2-3-13(14)18/h11-14H,2-10,18H2,1H3,(H,19,20). The number of nitrogens with one attached hydrogen (secondary N) is 1. The molecule has 0 aromatic rings. The fourth-order valence-electron chi connectivity index (χ4n) is 6.48. The van der Waals surface area contributed by atoms with Crippen LogP contribution in [0.2, 0.25) is 0 Å². The van der Waals surface area contributed by atoms with Crippen LogP contribution in [0, 0.1) is 22.7 Å². The molecule has 1 amide bonds. The lowest BCUT2D eigenvalue weighted by Gasteiger charge is -2.60. The molecule has 5 aliphatic carbocycles. The first-order chi connectivity index (χ1) is 9.48. The SMILES string of the molecule is CC12CC3CC(C1)CC(C(=O)NC1CCCC1N)(C3)C2. The second kappa shape index (κ2) is 4.22. The third-order valence-corrected chi connectivity index (χ3v) is 6.72.